The minimum absolute atomic E-state index is 0.202. The summed E-state index contributed by atoms with van der Waals surface area (Å²) in [6.07, 6.45) is 0. The summed E-state index contributed by atoms with van der Waals surface area (Å²) in [5.74, 6) is -0.248. The Bertz CT molecular complexity index is 422. The third-order valence-electron chi connectivity index (χ3n) is 2.64. The predicted molar refractivity (Wildman–Crippen MR) is 76.2 cm³/mol. The SMILES string of the molecule is CCOc1cc(NCC(C)(C)OCC)c(N)cc1F. The molecule has 0 bridgehead atoms. The van der Waals surface area contributed by atoms with Gasteiger partial charge in [-0.05, 0) is 27.7 Å². The van der Waals surface area contributed by atoms with E-state index in [9.17, 15) is 4.39 Å². The fraction of sp³-hybridized carbons (Fsp3) is 0.571. The van der Waals surface area contributed by atoms with Gasteiger partial charge in [-0.2, -0.15) is 0 Å². The van der Waals surface area contributed by atoms with Crippen LogP contribution in [0.4, 0.5) is 15.8 Å². The van der Waals surface area contributed by atoms with Gasteiger partial charge in [0.1, 0.15) is 0 Å². The van der Waals surface area contributed by atoms with Gasteiger partial charge in [-0.25, -0.2) is 4.39 Å². The standard InChI is InChI=1S/C14H23FN2O2/c1-5-18-13-8-12(11(16)7-10(13)15)17-9-14(3,4)19-6-2/h7-8,17H,5-6,9,16H2,1-4H3. The normalized spacial score (nSPS) is 11.4. The molecule has 0 atom stereocenters. The van der Waals surface area contributed by atoms with Gasteiger partial charge in [0.2, 0.25) is 0 Å². The average Bonchev–Trinajstić information content (AvgIpc) is 2.31. The van der Waals surface area contributed by atoms with Gasteiger partial charge in [0.25, 0.3) is 0 Å². The van der Waals surface area contributed by atoms with Crippen molar-refractivity contribution in [3.63, 3.8) is 0 Å². The van der Waals surface area contributed by atoms with E-state index in [0.29, 0.717) is 31.1 Å². The number of anilines is 2. The molecule has 0 aliphatic heterocycles. The van der Waals surface area contributed by atoms with Crippen molar-refractivity contribution < 1.29 is 13.9 Å². The van der Waals surface area contributed by atoms with Crippen LogP contribution in [0.15, 0.2) is 12.1 Å². The highest BCUT2D eigenvalue weighted by molar-refractivity contribution is 5.68. The fourth-order valence-electron chi connectivity index (χ4n) is 1.74. The lowest BCUT2D eigenvalue weighted by molar-refractivity contribution is 0.000705. The lowest BCUT2D eigenvalue weighted by atomic mass is 10.1. The number of hydrogen-bond donors (Lipinski definition) is 2. The Morgan fingerprint density at radius 3 is 2.53 bits per heavy atom. The summed E-state index contributed by atoms with van der Waals surface area (Å²) in [6.45, 7) is 9.33. The molecular formula is C14H23FN2O2. The van der Waals surface area contributed by atoms with E-state index >= 15 is 0 Å². The van der Waals surface area contributed by atoms with Crippen LogP contribution in [-0.2, 0) is 4.74 Å². The fourth-order valence-corrected chi connectivity index (χ4v) is 1.74. The minimum Gasteiger partial charge on any atom is -0.491 e. The smallest absolute Gasteiger partial charge is 0.167 e. The summed E-state index contributed by atoms with van der Waals surface area (Å²) < 4.78 is 24.3. The first-order chi connectivity index (χ1) is 8.89. The van der Waals surface area contributed by atoms with Crippen molar-refractivity contribution >= 4 is 11.4 Å². The molecule has 3 N–H and O–H groups in total. The molecule has 0 aliphatic carbocycles. The second-order valence-electron chi connectivity index (χ2n) is 4.85. The lowest BCUT2D eigenvalue weighted by Crippen LogP contribution is -2.33. The van der Waals surface area contributed by atoms with Crippen molar-refractivity contribution in [1.82, 2.24) is 0 Å². The van der Waals surface area contributed by atoms with Crippen molar-refractivity contribution in [3.05, 3.63) is 17.9 Å². The highest BCUT2D eigenvalue weighted by atomic mass is 19.1. The van der Waals surface area contributed by atoms with Crippen LogP contribution in [0.5, 0.6) is 5.75 Å². The molecule has 0 heterocycles. The lowest BCUT2D eigenvalue weighted by Gasteiger charge is -2.26. The van der Waals surface area contributed by atoms with Crippen LogP contribution in [0.3, 0.4) is 0 Å². The van der Waals surface area contributed by atoms with Crippen molar-refractivity contribution in [3.8, 4) is 5.75 Å². The molecule has 0 amide bonds. The molecule has 0 spiro atoms. The second kappa shape index (κ2) is 6.61. The molecule has 0 fully saturated rings. The Labute approximate surface area is 114 Å². The monoisotopic (exact) mass is 270 g/mol. The largest absolute Gasteiger partial charge is 0.491 e. The quantitative estimate of drug-likeness (QED) is 0.748. The van der Waals surface area contributed by atoms with Crippen LogP contribution in [0, 0.1) is 5.82 Å². The van der Waals surface area contributed by atoms with Gasteiger partial charge in [0.05, 0.1) is 23.6 Å². The second-order valence-corrected chi connectivity index (χ2v) is 4.85. The summed E-state index contributed by atoms with van der Waals surface area (Å²) in [6, 6.07) is 2.84. The van der Waals surface area contributed by atoms with Crippen molar-refractivity contribution in [2.24, 2.45) is 0 Å². The molecule has 5 heteroatoms. The first kappa shape index (κ1) is 15.6. The summed E-state index contributed by atoms with van der Waals surface area (Å²) >= 11 is 0. The molecule has 4 nitrogen and oxygen atoms in total. The maximum atomic E-state index is 13.6. The highest BCUT2D eigenvalue weighted by Crippen LogP contribution is 2.28. The summed E-state index contributed by atoms with van der Waals surface area (Å²) in [5, 5.41) is 3.17. The van der Waals surface area contributed by atoms with Gasteiger partial charge in [0, 0.05) is 25.3 Å². The predicted octanol–water partition coefficient (Wildman–Crippen LogP) is 3.03. The number of benzene rings is 1. The average molecular weight is 270 g/mol. The molecule has 19 heavy (non-hydrogen) atoms. The number of nitrogens with one attached hydrogen (secondary N) is 1. The summed E-state index contributed by atoms with van der Waals surface area (Å²) in [7, 11) is 0. The van der Waals surface area contributed by atoms with E-state index in [1.165, 1.54) is 6.07 Å². The molecule has 0 aliphatic rings. The molecule has 0 aromatic heterocycles. The Kier molecular flexibility index (Phi) is 5.42. The Balaban J connectivity index is 2.80. The highest BCUT2D eigenvalue weighted by Gasteiger charge is 2.18. The van der Waals surface area contributed by atoms with Gasteiger partial charge < -0.3 is 20.5 Å². The van der Waals surface area contributed by atoms with Gasteiger partial charge in [-0.1, -0.05) is 0 Å². The van der Waals surface area contributed by atoms with E-state index in [-0.39, 0.29) is 11.4 Å². The van der Waals surface area contributed by atoms with Crippen LogP contribution in [0.2, 0.25) is 0 Å². The third-order valence-corrected chi connectivity index (χ3v) is 2.64. The van der Waals surface area contributed by atoms with E-state index in [4.69, 9.17) is 15.2 Å². The number of nitrogen functional groups attached to an aromatic ring is 1. The number of nitrogens with two attached hydrogens (primary N) is 1. The van der Waals surface area contributed by atoms with Crippen LogP contribution in [0.25, 0.3) is 0 Å². The van der Waals surface area contributed by atoms with E-state index in [1.807, 2.05) is 20.8 Å². The zero-order chi connectivity index (χ0) is 14.5. The Morgan fingerprint density at radius 2 is 1.95 bits per heavy atom. The van der Waals surface area contributed by atoms with E-state index < -0.39 is 5.82 Å². The summed E-state index contributed by atoms with van der Waals surface area (Å²) in [5.41, 5.74) is 6.48. The van der Waals surface area contributed by atoms with Crippen LogP contribution >= 0.6 is 0 Å². The Morgan fingerprint density at radius 1 is 1.26 bits per heavy atom. The maximum Gasteiger partial charge on any atom is 0.167 e. The van der Waals surface area contributed by atoms with E-state index in [1.54, 1.807) is 13.0 Å². The molecule has 1 aromatic carbocycles. The minimum atomic E-state index is -0.450. The number of hydrogen-bond acceptors (Lipinski definition) is 4. The third kappa shape index (κ3) is 4.59. The molecule has 0 saturated carbocycles. The molecule has 0 saturated heterocycles. The van der Waals surface area contributed by atoms with Gasteiger partial charge in [0.15, 0.2) is 11.6 Å². The van der Waals surface area contributed by atoms with Crippen molar-refractivity contribution in [2.75, 3.05) is 30.8 Å². The first-order valence-corrected chi connectivity index (χ1v) is 6.49. The topological polar surface area (TPSA) is 56.5 Å². The van der Waals surface area contributed by atoms with Crippen LogP contribution in [0.1, 0.15) is 27.7 Å². The van der Waals surface area contributed by atoms with Crippen molar-refractivity contribution in [2.45, 2.75) is 33.3 Å². The molecule has 1 rings (SSSR count). The first-order valence-electron chi connectivity index (χ1n) is 6.49. The zero-order valence-corrected chi connectivity index (χ0v) is 12.0. The van der Waals surface area contributed by atoms with Crippen LogP contribution in [-0.4, -0.2) is 25.4 Å². The molecule has 1 aromatic rings. The van der Waals surface area contributed by atoms with E-state index in [2.05, 4.69) is 5.32 Å². The summed E-state index contributed by atoms with van der Waals surface area (Å²) in [4.78, 5) is 0. The number of ether oxygens (including phenoxy) is 2. The molecule has 0 unspecified atom stereocenters. The van der Waals surface area contributed by atoms with Crippen molar-refractivity contribution in [1.29, 1.82) is 0 Å². The Hall–Kier alpha value is -1.49. The molecule has 108 valence electrons. The molecule has 0 radical (unpaired) electrons. The zero-order valence-electron chi connectivity index (χ0n) is 12.0. The number of halogens is 1. The van der Waals surface area contributed by atoms with Gasteiger partial charge in [-0.15, -0.1) is 0 Å². The molecular weight excluding hydrogens is 247 g/mol. The van der Waals surface area contributed by atoms with Gasteiger partial charge >= 0.3 is 0 Å². The maximum absolute atomic E-state index is 13.6. The van der Waals surface area contributed by atoms with Crippen LogP contribution < -0.4 is 15.8 Å². The van der Waals surface area contributed by atoms with Gasteiger partial charge in [-0.3, -0.25) is 0 Å². The van der Waals surface area contributed by atoms with E-state index in [0.717, 1.165) is 0 Å². The number of rotatable bonds is 7.